The van der Waals surface area contributed by atoms with E-state index in [9.17, 15) is 9.59 Å². The molecule has 5 heteroatoms. The molecule has 2 rings (SSSR count). The summed E-state index contributed by atoms with van der Waals surface area (Å²) >= 11 is 0. The number of carbonyl (C=O) groups excluding carboxylic acids is 2. The quantitative estimate of drug-likeness (QED) is 0.702. The standard InChI is InChI=1S/C21H25NO4/c1-16(13-14-18-9-5-3-6-10-18)22-21(24)17(2)26-20(23)15-25-19-11-7-4-8-12-19/h3-12,16-17H,13-15H2,1-2H3,(H,22,24)/t16-,17-/m0/s1. The molecular formula is C21H25NO4. The van der Waals surface area contributed by atoms with E-state index in [1.165, 1.54) is 5.56 Å². The van der Waals surface area contributed by atoms with Crippen molar-refractivity contribution in [3.8, 4) is 5.75 Å². The van der Waals surface area contributed by atoms with Crippen molar-refractivity contribution in [2.45, 2.75) is 38.8 Å². The average molecular weight is 355 g/mol. The molecule has 0 aliphatic rings. The molecule has 0 aromatic heterocycles. The number of ether oxygens (including phenoxy) is 2. The minimum atomic E-state index is -0.860. The van der Waals surface area contributed by atoms with Gasteiger partial charge in [0.2, 0.25) is 0 Å². The van der Waals surface area contributed by atoms with Gasteiger partial charge in [0.15, 0.2) is 12.7 Å². The zero-order chi connectivity index (χ0) is 18.8. The van der Waals surface area contributed by atoms with Gasteiger partial charge in [-0.15, -0.1) is 0 Å². The second-order valence-corrected chi connectivity index (χ2v) is 6.17. The number of rotatable bonds is 9. The Labute approximate surface area is 154 Å². The predicted molar refractivity (Wildman–Crippen MR) is 99.9 cm³/mol. The second-order valence-electron chi connectivity index (χ2n) is 6.17. The van der Waals surface area contributed by atoms with Crippen LogP contribution in [0.25, 0.3) is 0 Å². The van der Waals surface area contributed by atoms with Crippen molar-refractivity contribution in [2.24, 2.45) is 0 Å². The van der Waals surface area contributed by atoms with E-state index >= 15 is 0 Å². The van der Waals surface area contributed by atoms with E-state index in [1.807, 2.05) is 43.3 Å². The van der Waals surface area contributed by atoms with Crippen molar-refractivity contribution in [3.63, 3.8) is 0 Å². The monoisotopic (exact) mass is 355 g/mol. The first kappa shape index (κ1) is 19.5. The first-order chi connectivity index (χ1) is 12.5. The predicted octanol–water partition coefficient (Wildman–Crippen LogP) is 3.13. The Hall–Kier alpha value is -2.82. The lowest BCUT2D eigenvalue weighted by atomic mass is 10.1. The average Bonchev–Trinajstić information content (AvgIpc) is 2.66. The number of carbonyl (C=O) groups is 2. The third-order valence-corrected chi connectivity index (χ3v) is 3.87. The fourth-order valence-electron chi connectivity index (χ4n) is 2.40. The van der Waals surface area contributed by atoms with Crippen molar-refractivity contribution in [3.05, 3.63) is 66.2 Å². The SMILES string of the molecule is C[C@H](OC(=O)COc1ccccc1)C(=O)N[C@@H](C)CCc1ccccc1. The molecule has 0 unspecified atom stereocenters. The van der Waals surface area contributed by atoms with Crippen molar-refractivity contribution >= 4 is 11.9 Å². The van der Waals surface area contributed by atoms with Crippen LogP contribution in [0, 0.1) is 0 Å². The zero-order valence-corrected chi connectivity index (χ0v) is 15.2. The van der Waals surface area contributed by atoms with E-state index in [0.717, 1.165) is 12.8 Å². The van der Waals surface area contributed by atoms with Gasteiger partial charge in [-0.25, -0.2) is 4.79 Å². The number of hydrogen-bond acceptors (Lipinski definition) is 4. The Morgan fingerprint density at radius 2 is 1.58 bits per heavy atom. The fraction of sp³-hybridized carbons (Fsp3) is 0.333. The topological polar surface area (TPSA) is 64.6 Å². The smallest absolute Gasteiger partial charge is 0.344 e. The van der Waals surface area contributed by atoms with Gasteiger partial charge in [0.05, 0.1) is 0 Å². The molecule has 0 radical (unpaired) electrons. The highest BCUT2D eigenvalue weighted by Crippen LogP contribution is 2.08. The highest BCUT2D eigenvalue weighted by Gasteiger charge is 2.19. The number of hydrogen-bond donors (Lipinski definition) is 1. The molecule has 0 bridgehead atoms. The van der Waals surface area contributed by atoms with Crippen LogP contribution in [-0.2, 0) is 20.7 Å². The molecule has 2 aromatic rings. The summed E-state index contributed by atoms with van der Waals surface area (Å²) in [5, 5.41) is 2.87. The maximum absolute atomic E-state index is 12.1. The zero-order valence-electron chi connectivity index (χ0n) is 15.2. The Morgan fingerprint density at radius 1 is 0.962 bits per heavy atom. The van der Waals surface area contributed by atoms with Gasteiger partial charge in [-0.05, 0) is 44.4 Å². The normalized spacial score (nSPS) is 12.7. The molecule has 0 spiro atoms. The Bertz CT molecular complexity index is 688. The maximum atomic E-state index is 12.1. The molecule has 0 heterocycles. The third-order valence-electron chi connectivity index (χ3n) is 3.87. The van der Waals surface area contributed by atoms with Gasteiger partial charge in [0.25, 0.3) is 5.91 Å². The van der Waals surface area contributed by atoms with Crippen LogP contribution in [0.1, 0.15) is 25.8 Å². The maximum Gasteiger partial charge on any atom is 0.344 e. The van der Waals surface area contributed by atoms with Crippen LogP contribution in [0.5, 0.6) is 5.75 Å². The number of esters is 1. The van der Waals surface area contributed by atoms with Gasteiger partial charge in [-0.2, -0.15) is 0 Å². The van der Waals surface area contributed by atoms with Gasteiger partial charge >= 0.3 is 5.97 Å². The van der Waals surface area contributed by atoms with Gasteiger partial charge in [-0.3, -0.25) is 4.79 Å². The highest BCUT2D eigenvalue weighted by molar-refractivity contribution is 5.83. The summed E-state index contributed by atoms with van der Waals surface area (Å²) < 4.78 is 10.4. The van der Waals surface area contributed by atoms with Crippen LogP contribution >= 0.6 is 0 Å². The molecular weight excluding hydrogens is 330 g/mol. The highest BCUT2D eigenvalue weighted by atomic mass is 16.6. The summed E-state index contributed by atoms with van der Waals surface area (Å²) in [6, 6.07) is 19.1. The lowest BCUT2D eigenvalue weighted by molar-refractivity contribution is -0.156. The number of aryl methyl sites for hydroxylation is 1. The minimum Gasteiger partial charge on any atom is -0.482 e. The van der Waals surface area contributed by atoms with Gasteiger partial charge in [-0.1, -0.05) is 48.5 Å². The molecule has 0 aliphatic carbocycles. The molecule has 2 atom stereocenters. The van der Waals surface area contributed by atoms with Gasteiger partial charge < -0.3 is 14.8 Å². The van der Waals surface area contributed by atoms with Crippen LogP contribution < -0.4 is 10.1 Å². The van der Waals surface area contributed by atoms with Crippen LogP contribution in [0.2, 0.25) is 0 Å². The molecule has 26 heavy (non-hydrogen) atoms. The Kier molecular flexibility index (Phi) is 7.68. The van der Waals surface area contributed by atoms with E-state index in [4.69, 9.17) is 9.47 Å². The van der Waals surface area contributed by atoms with Crippen molar-refractivity contribution < 1.29 is 19.1 Å². The van der Waals surface area contributed by atoms with E-state index < -0.39 is 12.1 Å². The second kappa shape index (κ2) is 10.2. The van der Waals surface area contributed by atoms with E-state index in [2.05, 4.69) is 17.4 Å². The summed E-state index contributed by atoms with van der Waals surface area (Å²) in [5.74, 6) is -0.303. The molecule has 0 saturated heterocycles. The lowest BCUT2D eigenvalue weighted by Crippen LogP contribution is -2.41. The Balaban J connectivity index is 1.68. The number of para-hydroxylation sites is 1. The van der Waals surface area contributed by atoms with Crippen LogP contribution in [0.15, 0.2) is 60.7 Å². The molecule has 1 amide bonds. The molecule has 2 aromatic carbocycles. The summed E-state index contributed by atoms with van der Waals surface area (Å²) in [5.41, 5.74) is 1.23. The van der Waals surface area contributed by atoms with Crippen molar-refractivity contribution in [1.29, 1.82) is 0 Å². The van der Waals surface area contributed by atoms with Crippen LogP contribution in [-0.4, -0.2) is 30.6 Å². The fourth-order valence-corrected chi connectivity index (χ4v) is 2.40. The Morgan fingerprint density at radius 3 is 2.23 bits per heavy atom. The summed E-state index contributed by atoms with van der Waals surface area (Å²) in [6.07, 6.45) is 0.829. The number of benzene rings is 2. The van der Waals surface area contributed by atoms with E-state index in [0.29, 0.717) is 5.75 Å². The summed E-state index contributed by atoms with van der Waals surface area (Å²) in [7, 11) is 0. The largest absolute Gasteiger partial charge is 0.482 e. The van der Waals surface area contributed by atoms with E-state index in [1.54, 1.807) is 19.1 Å². The van der Waals surface area contributed by atoms with Crippen molar-refractivity contribution in [2.75, 3.05) is 6.61 Å². The van der Waals surface area contributed by atoms with Gasteiger partial charge in [0, 0.05) is 6.04 Å². The summed E-state index contributed by atoms with van der Waals surface area (Å²) in [4.78, 5) is 23.9. The third kappa shape index (κ3) is 6.97. The molecule has 138 valence electrons. The van der Waals surface area contributed by atoms with E-state index in [-0.39, 0.29) is 18.6 Å². The molecule has 0 fully saturated rings. The minimum absolute atomic E-state index is 0.00979. The molecule has 1 N–H and O–H groups in total. The van der Waals surface area contributed by atoms with Crippen LogP contribution in [0.4, 0.5) is 0 Å². The molecule has 0 aliphatic heterocycles. The van der Waals surface area contributed by atoms with Crippen LogP contribution in [0.3, 0.4) is 0 Å². The first-order valence-electron chi connectivity index (χ1n) is 8.76. The number of amides is 1. The number of nitrogens with one attached hydrogen (secondary N) is 1. The van der Waals surface area contributed by atoms with Crippen molar-refractivity contribution in [1.82, 2.24) is 5.32 Å². The lowest BCUT2D eigenvalue weighted by Gasteiger charge is -2.18. The first-order valence-corrected chi connectivity index (χ1v) is 8.76. The summed E-state index contributed by atoms with van der Waals surface area (Å²) in [6.45, 7) is 3.26. The van der Waals surface area contributed by atoms with Gasteiger partial charge in [0.1, 0.15) is 5.75 Å². The molecule has 0 saturated carbocycles. The molecule has 5 nitrogen and oxygen atoms in total.